The largest absolute Gasteiger partial charge is 0.342 e. The molecule has 3 rings (SSSR count). The average molecular weight is 401 g/mol. The van der Waals surface area contributed by atoms with Crippen LogP contribution < -0.4 is 0 Å². The number of rotatable bonds is 3. The van der Waals surface area contributed by atoms with E-state index in [2.05, 4.69) is 22.0 Å². The molecule has 1 saturated heterocycles. The van der Waals surface area contributed by atoms with E-state index >= 15 is 0 Å². The second-order valence-electron chi connectivity index (χ2n) is 6.33. The van der Waals surface area contributed by atoms with Crippen LogP contribution in [0.15, 0.2) is 53.0 Å². The Morgan fingerprint density at radius 1 is 1.16 bits per heavy atom. The average Bonchev–Trinajstić information content (AvgIpc) is 2.66. The van der Waals surface area contributed by atoms with Gasteiger partial charge in [-0.3, -0.25) is 4.79 Å². The van der Waals surface area contributed by atoms with Crippen molar-refractivity contribution in [2.75, 3.05) is 13.1 Å². The Morgan fingerprint density at radius 3 is 2.48 bits per heavy atom. The number of hydrogen-bond acceptors (Lipinski definition) is 2. The van der Waals surface area contributed by atoms with E-state index in [1.165, 1.54) is 0 Å². The summed E-state index contributed by atoms with van der Waals surface area (Å²) in [4.78, 5) is 14.3. The zero-order chi connectivity index (χ0) is 17.9. The normalized spacial score (nSPS) is 16.3. The lowest BCUT2D eigenvalue weighted by molar-refractivity contribution is -0.131. The zero-order valence-electron chi connectivity index (χ0n) is 13.7. The van der Waals surface area contributed by atoms with E-state index in [1.54, 1.807) is 23.1 Å². The quantitative estimate of drug-likeness (QED) is 0.773. The van der Waals surface area contributed by atoms with Crippen LogP contribution in [-0.2, 0) is 16.6 Å². The Morgan fingerprint density at radius 2 is 1.84 bits per heavy atom. The van der Waals surface area contributed by atoms with Gasteiger partial charge >= 0.3 is 0 Å². The van der Waals surface area contributed by atoms with Crippen LogP contribution in [0.5, 0.6) is 0 Å². The fraction of sp³-hybridized carbons (Fsp3) is 0.300. The number of amides is 1. The highest BCUT2D eigenvalue weighted by Crippen LogP contribution is 2.35. The Labute approximate surface area is 155 Å². The minimum absolute atomic E-state index is 0.0379. The minimum atomic E-state index is -0.543. The molecule has 128 valence electrons. The molecular weight excluding hydrogens is 383 g/mol. The molecule has 0 saturated carbocycles. The maximum absolute atomic E-state index is 14.1. The fourth-order valence-electron chi connectivity index (χ4n) is 3.32. The third-order valence-corrected chi connectivity index (χ3v) is 5.50. The van der Waals surface area contributed by atoms with Crippen molar-refractivity contribution in [3.05, 3.63) is 69.9 Å². The van der Waals surface area contributed by atoms with Gasteiger partial charge in [-0.05, 0) is 46.0 Å². The van der Waals surface area contributed by atoms with Gasteiger partial charge in [0.2, 0.25) is 5.91 Å². The first-order chi connectivity index (χ1) is 12.1. The number of benzene rings is 2. The van der Waals surface area contributed by atoms with Crippen molar-refractivity contribution in [3.63, 3.8) is 0 Å². The predicted octanol–water partition coefficient (Wildman–Crippen LogP) is 4.21. The van der Waals surface area contributed by atoms with E-state index in [0.717, 1.165) is 5.56 Å². The summed E-state index contributed by atoms with van der Waals surface area (Å²) in [6, 6.07) is 17.2. The molecule has 1 amide bonds. The topological polar surface area (TPSA) is 44.1 Å². The molecule has 2 aromatic rings. The summed E-state index contributed by atoms with van der Waals surface area (Å²) in [5.74, 6) is -0.486. The summed E-state index contributed by atoms with van der Waals surface area (Å²) < 4.78 is 14.4. The molecule has 1 aliphatic rings. The van der Waals surface area contributed by atoms with Crippen molar-refractivity contribution in [1.82, 2.24) is 4.90 Å². The number of nitrogens with zero attached hydrogens (tertiary/aromatic N) is 2. The number of likely N-dealkylation sites (tertiary alicyclic amines) is 1. The molecule has 25 heavy (non-hydrogen) atoms. The Balaban J connectivity index is 1.69. The SMILES string of the molecule is N#CC1(c2ccccc2)CCN(C(=O)Cc2cccc(Br)c2F)CC1. The Bertz CT molecular complexity index is 808. The van der Waals surface area contributed by atoms with Gasteiger partial charge in [0.15, 0.2) is 0 Å². The van der Waals surface area contributed by atoms with Crippen LogP contribution in [0.4, 0.5) is 4.39 Å². The first kappa shape index (κ1) is 17.6. The van der Waals surface area contributed by atoms with Gasteiger partial charge < -0.3 is 4.90 Å². The molecular formula is C20H18BrFN2O. The van der Waals surface area contributed by atoms with Crippen LogP contribution in [0.2, 0.25) is 0 Å². The summed E-state index contributed by atoms with van der Waals surface area (Å²) in [7, 11) is 0. The molecule has 0 spiro atoms. The van der Waals surface area contributed by atoms with E-state index in [1.807, 2.05) is 30.3 Å². The number of carbonyl (C=O) groups excluding carboxylic acids is 1. The molecule has 0 atom stereocenters. The summed E-state index contributed by atoms with van der Waals surface area (Å²) in [6.45, 7) is 1.02. The molecule has 5 heteroatoms. The maximum atomic E-state index is 14.1. The standard InChI is InChI=1S/C20H18BrFN2O/c21-17-8-4-5-15(19(17)22)13-18(25)24-11-9-20(14-23,10-12-24)16-6-2-1-3-7-16/h1-8H,9-13H2. The van der Waals surface area contributed by atoms with Crippen molar-refractivity contribution in [2.45, 2.75) is 24.7 Å². The fourth-order valence-corrected chi connectivity index (χ4v) is 3.73. The van der Waals surface area contributed by atoms with Crippen molar-refractivity contribution >= 4 is 21.8 Å². The minimum Gasteiger partial charge on any atom is -0.342 e. The maximum Gasteiger partial charge on any atom is 0.227 e. The molecule has 1 heterocycles. The molecule has 0 aromatic heterocycles. The van der Waals surface area contributed by atoms with Gasteiger partial charge in [-0.1, -0.05) is 42.5 Å². The highest BCUT2D eigenvalue weighted by atomic mass is 79.9. The lowest BCUT2D eigenvalue weighted by Gasteiger charge is -2.37. The Kier molecular flexibility index (Phi) is 5.19. The molecule has 0 bridgehead atoms. The molecule has 3 nitrogen and oxygen atoms in total. The molecule has 0 aliphatic carbocycles. The van der Waals surface area contributed by atoms with Gasteiger partial charge in [0, 0.05) is 13.1 Å². The van der Waals surface area contributed by atoms with Crippen molar-refractivity contribution in [2.24, 2.45) is 0 Å². The molecule has 0 N–H and O–H groups in total. The van der Waals surface area contributed by atoms with E-state index in [9.17, 15) is 14.4 Å². The highest BCUT2D eigenvalue weighted by molar-refractivity contribution is 9.10. The lowest BCUT2D eigenvalue weighted by atomic mass is 9.74. The summed E-state index contributed by atoms with van der Waals surface area (Å²) in [6.07, 6.45) is 1.23. The third kappa shape index (κ3) is 3.59. The third-order valence-electron chi connectivity index (χ3n) is 4.88. The molecule has 0 radical (unpaired) electrons. The molecule has 2 aromatic carbocycles. The van der Waals surface area contributed by atoms with E-state index in [-0.39, 0.29) is 18.1 Å². The van der Waals surface area contributed by atoms with Gasteiger partial charge in [0.05, 0.1) is 22.4 Å². The molecule has 0 unspecified atom stereocenters. The van der Waals surface area contributed by atoms with Gasteiger partial charge in [0.1, 0.15) is 5.82 Å². The van der Waals surface area contributed by atoms with Crippen molar-refractivity contribution < 1.29 is 9.18 Å². The summed E-state index contributed by atoms with van der Waals surface area (Å²) in [5, 5.41) is 9.71. The Hall–Kier alpha value is -2.19. The smallest absolute Gasteiger partial charge is 0.227 e. The van der Waals surface area contributed by atoms with E-state index < -0.39 is 5.41 Å². The van der Waals surface area contributed by atoms with Crippen LogP contribution in [-0.4, -0.2) is 23.9 Å². The number of nitriles is 1. The van der Waals surface area contributed by atoms with Gasteiger partial charge in [-0.2, -0.15) is 5.26 Å². The van der Waals surface area contributed by atoms with Crippen LogP contribution in [0.1, 0.15) is 24.0 Å². The van der Waals surface area contributed by atoms with Crippen LogP contribution >= 0.6 is 15.9 Å². The summed E-state index contributed by atoms with van der Waals surface area (Å²) >= 11 is 3.15. The van der Waals surface area contributed by atoms with Crippen molar-refractivity contribution in [1.29, 1.82) is 5.26 Å². The van der Waals surface area contributed by atoms with Gasteiger partial charge in [-0.15, -0.1) is 0 Å². The van der Waals surface area contributed by atoms with Gasteiger partial charge in [-0.25, -0.2) is 4.39 Å². The van der Waals surface area contributed by atoms with Crippen LogP contribution in [0.25, 0.3) is 0 Å². The lowest BCUT2D eigenvalue weighted by Crippen LogP contribution is -2.45. The van der Waals surface area contributed by atoms with Crippen molar-refractivity contribution in [3.8, 4) is 6.07 Å². The predicted molar refractivity (Wildman–Crippen MR) is 97.4 cm³/mol. The second-order valence-corrected chi connectivity index (χ2v) is 7.18. The molecule has 1 aliphatic heterocycles. The van der Waals surface area contributed by atoms with E-state index in [4.69, 9.17) is 0 Å². The van der Waals surface area contributed by atoms with E-state index in [0.29, 0.717) is 36.0 Å². The number of halogens is 2. The molecule has 1 fully saturated rings. The monoisotopic (exact) mass is 400 g/mol. The summed E-state index contributed by atoms with van der Waals surface area (Å²) in [5.41, 5.74) is 0.848. The first-order valence-electron chi connectivity index (χ1n) is 8.23. The first-order valence-corrected chi connectivity index (χ1v) is 9.02. The number of carbonyl (C=O) groups is 1. The van der Waals surface area contributed by atoms with Crippen LogP contribution in [0.3, 0.4) is 0 Å². The number of piperidine rings is 1. The zero-order valence-corrected chi connectivity index (χ0v) is 15.3. The van der Waals surface area contributed by atoms with Crippen LogP contribution in [0, 0.1) is 17.1 Å². The number of hydrogen-bond donors (Lipinski definition) is 0. The van der Waals surface area contributed by atoms with Gasteiger partial charge in [0.25, 0.3) is 0 Å². The highest BCUT2D eigenvalue weighted by Gasteiger charge is 2.37. The second kappa shape index (κ2) is 7.37.